The molecule has 0 aliphatic rings. The van der Waals surface area contributed by atoms with Gasteiger partial charge in [0.2, 0.25) is 0 Å². The third-order valence-corrected chi connectivity index (χ3v) is 4.87. The zero-order chi connectivity index (χ0) is 19.3. The summed E-state index contributed by atoms with van der Waals surface area (Å²) in [6, 6.07) is 5.58. The summed E-state index contributed by atoms with van der Waals surface area (Å²) in [5.74, 6) is -3.44. The molecular formula is C18H15BrF3IO3. The van der Waals surface area contributed by atoms with Crippen molar-refractivity contribution < 1.29 is 27.8 Å². The van der Waals surface area contributed by atoms with Gasteiger partial charge in [-0.25, -0.2) is 13.2 Å². The van der Waals surface area contributed by atoms with Crippen molar-refractivity contribution in [1.82, 2.24) is 0 Å². The van der Waals surface area contributed by atoms with Crippen LogP contribution in [0.1, 0.15) is 27.9 Å². The fourth-order valence-electron chi connectivity index (χ4n) is 2.32. The number of Topliss-reactive ketones (excluding diaryl/α,β-unsaturated/α-hetero) is 1. The average Bonchev–Trinajstić information content (AvgIpc) is 2.60. The highest BCUT2D eigenvalue weighted by atomic mass is 127. The zero-order valence-corrected chi connectivity index (χ0v) is 17.2. The fraction of sp³-hybridized carbons (Fsp3) is 0.278. The molecule has 0 bridgehead atoms. The number of hydrogen-bond donors (Lipinski definition) is 1. The van der Waals surface area contributed by atoms with Gasteiger partial charge >= 0.3 is 0 Å². The van der Waals surface area contributed by atoms with Gasteiger partial charge in [0, 0.05) is 34.3 Å². The van der Waals surface area contributed by atoms with E-state index in [4.69, 9.17) is 9.84 Å². The Hall–Kier alpha value is -0.970. The van der Waals surface area contributed by atoms with Gasteiger partial charge in [0.25, 0.3) is 0 Å². The Morgan fingerprint density at radius 3 is 2.58 bits per heavy atom. The van der Waals surface area contributed by atoms with E-state index in [0.29, 0.717) is 9.99 Å². The summed E-state index contributed by atoms with van der Waals surface area (Å²) in [5.41, 5.74) is -0.138. The van der Waals surface area contributed by atoms with Crippen LogP contribution in [0.25, 0.3) is 0 Å². The Morgan fingerprint density at radius 2 is 1.92 bits per heavy atom. The molecule has 0 amide bonds. The fourth-order valence-corrected chi connectivity index (χ4v) is 3.18. The maximum absolute atomic E-state index is 14.5. The molecule has 0 fully saturated rings. The Labute approximate surface area is 170 Å². The number of carbonyl (C=O) groups excluding carboxylic acids is 1. The minimum Gasteiger partial charge on any atom is -0.396 e. The summed E-state index contributed by atoms with van der Waals surface area (Å²) in [5, 5.41) is 8.71. The number of aliphatic hydroxyl groups is 1. The molecule has 2 aromatic rings. The van der Waals surface area contributed by atoms with E-state index in [9.17, 15) is 18.0 Å². The molecule has 2 rings (SSSR count). The Morgan fingerprint density at radius 1 is 1.19 bits per heavy atom. The number of ether oxygens (including phenoxy) is 1. The van der Waals surface area contributed by atoms with Crippen LogP contribution < -0.4 is 0 Å². The van der Waals surface area contributed by atoms with E-state index in [1.54, 1.807) is 6.07 Å². The maximum atomic E-state index is 14.5. The van der Waals surface area contributed by atoms with E-state index < -0.39 is 23.2 Å². The first-order chi connectivity index (χ1) is 12.3. The topological polar surface area (TPSA) is 46.5 Å². The lowest BCUT2D eigenvalue weighted by atomic mass is 9.96. The second-order valence-electron chi connectivity index (χ2n) is 5.48. The van der Waals surface area contributed by atoms with Crippen LogP contribution in [-0.2, 0) is 11.2 Å². The van der Waals surface area contributed by atoms with E-state index >= 15 is 0 Å². The van der Waals surface area contributed by atoms with Gasteiger partial charge < -0.3 is 9.84 Å². The average molecular weight is 543 g/mol. The quantitative estimate of drug-likeness (QED) is 0.229. The second kappa shape index (κ2) is 9.82. The SMILES string of the molecule is O=C(COCCCO)c1cc(Br)c(F)c(F)c1Cc1ccc(I)cc1F. The lowest BCUT2D eigenvalue weighted by molar-refractivity contribution is 0.0726. The van der Waals surface area contributed by atoms with Crippen molar-refractivity contribution >= 4 is 44.3 Å². The molecule has 0 unspecified atom stereocenters. The molecule has 0 saturated heterocycles. The maximum Gasteiger partial charge on any atom is 0.188 e. The van der Waals surface area contributed by atoms with Crippen molar-refractivity contribution in [2.24, 2.45) is 0 Å². The summed E-state index contributed by atoms with van der Waals surface area (Å²) in [6.07, 6.45) is 0.0893. The van der Waals surface area contributed by atoms with E-state index in [2.05, 4.69) is 15.9 Å². The predicted octanol–water partition coefficient (Wildman–Crippen LogP) is 4.64. The van der Waals surface area contributed by atoms with Gasteiger partial charge in [0.05, 0.1) is 4.47 Å². The van der Waals surface area contributed by atoms with Crippen molar-refractivity contribution in [3.8, 4) is 0 Å². The first-order valence-electron chi connectivity index (χ1n) is 7.67. The second-order valence-corrected chi connectivity index (χ2v) is 7.58. The molecule has 0 saturated carbocycles. The summed E-state index contributed by atoms with van der Waals surface area (Å²) >= 11 is 4.83. The molecule has 2 aromatic carbocycles. The summed E-state index contributed by atoms with van der Waals surface area (Å²) in [4.78, 5) is 12.4. The van der Waals surface area contributed by atoms with Crippen molar-refractivity contribution in [3.63, 3.8) is 0 Å². The smallest absolute Gasteiger partial charge is 0.188 e. The van der Waals surface area contributed by atoms with Gasteiger partial charge in [0.1, 0.15) is 12.4 Å². The van der Waals surface area contributed by atoms with Crippen LogP contribution in [0.3, 0.4) is 0 Å². The Balaban J connectivity index is 2.36. The molecule has 1 N–H and O–H groups in total. The van der Waals surface area contributed by atoms with Gasteiger partial charge in [-0.3, -0.25) is 4.79 Å². The molecule has 0 aliphatic heterocycles. The van der Waals surface area contributed by atoms with Gasteiger partial charge in [-0.05, 0) is 68.7 Å². The lowest BCUT2D eigenvalue weighted by Gasteiger charge is -2.13. The monoisotopic (exact) mass is 542 g/mol. The molecule has 0 radical (unpaired) electrons. The first-order valence-corrected chi connectivity index (χ1v) is 9.54. The van der Waals surface area contributed by atoms with Crippen molar-refractivity contribution in [2.45, 2.75) is 12.8 Å². The molecule has 0 spiro atoms. The van der Waals surface area contributed by atoms with Crippen LogP contribution in [-0.4, -0.2) is 30.7 Å². The van der Waals surface area contributed by atoms with E-state index in [0.717, 1.165) is 0 Å². The summed E-state index contributed by atoms with van der Waals surface area (Å²) in [7, 11) is 0. The van der Waals surface area contributed by atoms with E-state index in [1.165, 1.54) is 18.2 Å². The van der Waals surface area contributed by atoms with E-state index in [-0.39, 0.29) is 47.4 Å². The van der Waals surface area contributed by atoms with Crippen LogP contribution in [0.15, 0.2) is 28.7 Å². The molecule has 3 nitrogen and oxygen atoms in total. The van der Waals surface area contributed by atoms with Gasteiger partial charge in [-0.2, -0.15) is 0 Å². The Kier molecular flexibility index (Phi) is 8.05. The van der Waals surface area contributed by atoms with Crippen molar-refractivity contribution in [2.75, 3.05) is 19.8 Å². The summed E-state index contributed by atoms with van der Waals surface area (Å²) in [6.45, 7) is -0.268. The molecular weight excluding hydrogens is 528 g/mol. The molecule has 0 aliphatic carbocycles. The number of aliphatic hydroxyl groups excluding tert-OH is 1. The third kappa shape index (κ3) is 5.28. The minimum atomic E-state index is -1.20. The normalized spacial score (nSPS) is 11.0. The number of benzene rings is 2. The molecule has 140 valence electrons. The highest BCUT2D eigenvalue weighted by Gasteiger charge is 2.22. The van der Waals surface area contributed by atoms with Crippen molar-refractivity contribution in [3.05, 3.63) is 66.5 Å². The Bertz CT molecular complexity index is 815. The first kappa shape index (κ1) is 21.3. The molecule has 0 heterocycles. The number of halogens is 5. The van der Waals surface area contributed by atoms with Crippen LogP contribution in [0.4, 0.5) is 13.2 Å². The van der Waals surface area contributed by atoms with Crippen LogP contribution >= 0.6 is 38.5 Å². The van der Waals surface area contributed by atoms with Gasteiger partial charge in [-0.1, -0.05) is 6.07 Å². The highest BCUT2D eigenvalue weighted by molar-refractivity contribution is 14.1. The standard InChI is InChI=1S/C18H15BrF3IO3/c19-14-8-12(16(25)9-26-5-1-4-24)13(17(21)18(14)22)6-10-2-3-11(23)7-15(10)20/h2-3,7-8,24H,1,4-6,9H2. The number of rotatable bonds is 8. The molecule has 0 atom stereocenters. The molecule has 0 aromatic heterocycles. The largest absolute Gasteiger partial charge is 0.396 e. The zero-order valence-electron chi connectivity index (χ0n) is 13.5. The third-order valence-electron chi connectivity index (χ3n) is 3.63. The number of hydrogen-bond acceptors (Lipinski definition) is 3. The van der Waals surface area contributed by atoms with Gasteiger partial charge in [-0.15, -0.1) is 0 Å². The predicted molar refractivity (Wildman–Crippen MR) is 103 cm³/mol. The van der Waals surface area contributed by atoms with E-state index in [1.807, 2.05) is 22.6 Å². The summed E-state index contributed by atoms with van der Waals surface area (Å²) < 4.78 is 48.1. The van der Waals surface area contributed by atoms with Crippen LogP contribution in [0.5, 0.6) is 0 Å². The van der Waals surface area contributed by atoms with Crippen LogP contribution in [0, 0.1) is 21.0 Å². The molecule has 8 heteroatoms. The minimum absolute atomic E-state index is 0.0716. The molecule has 26 heavy (non-hydrogen) atoms. The van der Waals surface area contributed by atoms with Crippen LogP contribution in [0.2, 0.25) is 0 Å². The van der Waals surface area contributed by atoms with Crippen molar-refractivity contribution in [1.29, 1.82) is 0 Å². The highest BCUT2D eigenvalue weighted by Crippen LogP contribution is 2.28. The van der Waals surface area contributed by atoms with Gasteiger partial charge in [0.15, 0.2) is 17.4 Å². The number of ketones is 1. The number of carbonyl (C=O) groups is 1. The lowest BCUT2D eigenvalue weighted by Crippen LogP contribution is -2.15.